The smallest absolute Gasteiger partial charge is 0.252 e. The van der Waals surface area contributed by atoms with Gasteiger partial charge in [0.1, 0.15) is 6.10 Å². The number of methoxy groups -OCH3 is 1. The fourth-order valence-electron chi connectivity index (χ4n) is 4.18. The summed E-state index contributed by atoms with van der Waals surface area (Å²) in [7, 11) is 1.59. The van der Waals surface area contributed by atoms with Crippen molar-refractivity contribution in [2.45, 2.75) is 63.0 Å². The molecule has 1 amide bonds. The summed E-state index contributed by atoms with van der Waals surface area (Å²) in [6.07, 6.45) is 1.36. The van der Waals surface area contributed by atoms with Gasteiger partial charge < -0.3 is 29.0 Å². The highest BCUT2D eigenvalue weighted by molar-refractivity contribution is 6.30. The first-order chi connectivity index (χ1) is 14.8. The molecule has 1 aromatic rings. The first kappa shape index (κ1) is 24.2. The maximum Gasteiger partial charge on any atom is 0.252 e. The first-order valence-corrected chi connectivity index (χ1v) is 10.9. The lowest BCUT2D eigenvalue weighted by Crippen LogP contribution is -2.60. The van der Waals surface area contributed by atoms with Crippen LogP contribution >= 0.6 is 11.6 Å². The Morgan fingerprint density at radius 1 is 1.35 bits per heavy atom. The minimum Gasteiger partial charge on any atom is -0.383 e. The van der Waals surface area contributed by atoms with Crippen molar-refractivity contribution >= 4 is 17.5 Å². The van der Waals surface area contributed by atoms with E-state index in [1.54, 1.807) is 19.3 Å². The van der Waals surface area contributed by atoms with Crippen LogP contribution in [0.15, 0.2) is 36.9 Å². The summed E-state index contributed by atoms with van der Waals surface area (Å²) >= 11 is 6.12. The lowest BCUT2D eigenvalue weighted by atomic mass is 9.78. The van der Waals surface area contributed by atoms with Crippen molar-refractivity contribution in [3.05, 3.63) is 47.5 Å². The van der Waals surface area contributed by atoms with Crippen LogP contribution in [0, 0.1) is 0 Å². The minimum atomic E-state index is -1.15. The SMILES string of the molecule is C=CCOC1C[C@](OCc2cccc(Cl)c2)(C(=O)NCCOC)C[C@H]2OC(C)(C)O[C@@H]12. The van der Waals surface area contributed by atoms with Gasteiger partial charge in [0.25, 0.3) is 5.91 Å². The summed E-state index contributed by atoms with van der Waals surface area (Å²) in [6, 6.07) is 7.40. The molecule has 1 saturated carbocycles. The zero-order chi connectivity index (χ0) is 22.5. The Kier molecular flexibility index (Phi) is 8.13. The lowest BCUT2D eigenvalue weighted by molar-refractivity contribution is -0.180. The van der Waals surface area contributed by atoms with E-state index in [9.17, 15) is 4.79 Å². The standard InChI is InChI=1S/C23H32ClNO6/c1-5-10-28-18-13-23(21(26)25-9-11-27-4,14-19-20(18)31-22(2,3)30-19)29-15-16-7-6-8-17(24)12-16/h5-8,12,18-20H,1,9-11,13-15H2,2-4H3,(H,25,26)/t18?,19-,20+,23-/m1/s1. The van der Waals surface area contributed by atoms with Crippen LogP contribution in [-0.4, -0.2) is 62.5 Å². The first-order valence-electron chi connectivity index (χ1n) is 10.5. The van der Waals surface area contributed by atoms with Crippen LogP contribution in [0.3, 0.4) is 0 Å². The van der Waals surface area contributed by atoms with Gasteiger partial charge in [-0.2, -0.15) is 0 Å². The molecule has 7 nitrogen and oxygen atoms in total. The van der Waals surface area contributed by atoms with Crippen molar-refractivity contribution in [2.24, 2.45) is 0 Å². The molecule has 1 unspecified atom stereocenters. The quantitative estimate of drug-likeness (QED) is 0.433. The highest BCUT2D eigenvalue weighted by Crippen LogP contribution is 2.44. The number of ether oxygens (including phenoxy) is 5. The van der Waals surface area contributed by atoms with Crippen molar-refractivity contribution in [3.63, 3.8) is 0 Å². The Morgan fingerprint density at radius 3 is 2.87 bits per heavy atom. The normalized spacial score (nSPS) is 29.4. The van der Waals surface area contributed by atoms with Gasteiger partial charge in [0, 0.05) is 31.5 Å². The second kappa shape index (κ2) is 10.4. The van der Waals surface area contributed by atoms with Gasteiger partial charge in [-0.1, -0.05) is 29.8 Å². The molecule has 1 heterocycles. The summed E-state index contributed by atoms with van der Waals surface area (Å²) in [5.41, 5.74) is -0.265. The summed E-state index contributed by atoms with van der Waals surface area (Å²) in [6.45, 7) is 8.82. The highest BCUT2D eigenvalue weighted by Gasteiger charge is 2.57. The minimum absolute atomic E-state index is 0.217. The van der Waals surface area contributed by atoms with Gasteiger partial charge in [0.2, 0.25) is 0 Å². The van der Waals surface area contributed by atoms with Crippen molar-refractivity contribution < 1.29 is 28.5 Å². The third-order valence-electron chi connectivity index (χ3n) is 5.49. The molecule has 0 spiro atoms. The van der Waals surface area contributed by atoms with E-state index >= 15 is 0 Å². The molecule has 1 aromatic carbocycles. The molecule has 0 radical (unpaired) electrons. The number of amides is 1. The molecule has 0 bridgehead atoms. The van der Waals surface area contributed by atoms with Crippen molar-refractivity contribution in [3.8, 4) is 0 Å². The van der Waals surface area contributed by atoms with Gasteiger partial charge in [0.05, 0.1) is 32.0 Å². The molecular weight excluding hydrogens is 422 g/mol. The van der Waals surface area contributed by atoms with Crippen LogP contribution in [-0.2, 0) is 35.1 Å². The molecule has 172 valence electrons. The zero-order valence-electron chi connectivity index (χ0n) is 18.4. The number of hydrogen-bond acceptors (Lipinski definition) is 6. The van der Waals surface area contributed by atoms with E-state index in [2.05, 4.69) is 11.9 Å². The van der Waals surface area contributed by atoms with Gasteiger partial charge in [-0.25, -0.2) is 0 Å². The topological polar surface area (TPSA) is 75.3 Å². The fourth-order valence-corrected chi connectivity index (χ4v) is 4.39. The number of rotatable bonds is 10. The molecule has 0 aromatic heterocycles. The Bertz CT molecular complexity index is 772. The van der Waals surface area contributed by atoms with Crippen LogP contribution in [0.1, 0.15) is 32.3 Å². The number of carbonyl (C=O) groups is 1. The number of carbonyl (C=O) groups excluding carboxylic acids is 1. The van der Waals surface area contributed by atoms with Crippen molar-refractivity contribution in [2.75, 3.05) is 26.9 Å². The molecular formula is C23H32ClNO6. The number of hydrogen-bond donors (Lipinski definition) is 1. The lowest BCUT2D eigenvalue weighted by Gasteiger charge is -2.43. The van der Waals surface area contributed by atoms with Gasteiger partial charge in [0.15, 0.2) is 11.4 Å². The largest absolute Gasteiger partial charge is 0.383 e. The molecule has 31 heavy (non-hydrogen) atoms. The summed E-state index contributed by atoms with van der Waals surface area (Å²) in [5, 5.41) is 3.55. The van der Waals surface area contributed by atoms with Gasteiger partial charge in [-0.3, -0.25) is 4.79 Å². The predicted octanol–water partition coefficient (Wildman–Crippen LogP) is 3.24. The molecule has 1 aliphatic heterocycles. The van der Waals surface area contributed by atoms with E-state index in [1.165, 1.54) is 0 Å². The molecule has 4 atom stereocenters. The van der Waals surface area contributed by atoms with Crippen LogP contribution < -0.4 is 5.32 Å². The van der Waals surface area contributed by atoms with Gasteiger partial charge >= 0.3 is 0 Å². The Balaban J connectivity index is 1.85. The monoisotopic (exact) mass is 453 g/mol. The van der Waals surface area contributed by atoms with E-state index in [4.69, 9.17) is 35.3 Å². The molecule has 1 aliphatic carbocycles. The summed E-state index contributed by atoms with van der Waals surface area (Å²) in [5.74, 6) is -0.980. The van der Waals surface area contributed by atoms with E-state index in [0.717, 1.165) is 5.56 Å². The van der Waals surface area contributed by atoms with E-state index in [1.807, 2.05) is 32.0 Å². The third kappa shape index (κ3) is 6.06. The average molecular weight is 454 g/mol. The Labute approximate surface area is 189 Å². The highest BCUT2D eigenvalue weighted by atomic mass is 35.5. The maximum absolute atomic E-state index is 13.4. The van der Waals surface area contributed by atoms with Crippen molar-refractivity contribution in [1.29, 1.82) is 0 Å². The number of nitrogens with one attached hydrogen (secondary N) is 1. The fraction of sp³-hybridized carbons (Fsp3) is 0.609. The molecule has 1 saturated heterocycles. The van der Waals surface area contributed by atoms with E-state index in [-0.39, 0.29) is 30.8 Å². The molecule has 2 aliphatic rings. The number of benzene rings is 1. The van der Waals surface area contributed by atoms with Gasteiger partial charge in [-0.15, -0.1) is 6.58 Å². The van der Waals surface area contributed by atoms with Crippen LogP contribution in [0.2, 0.25) is 5.02 Å². The van der Waals surface area contributed by atoms with Crippen LogP contribution in [0.25, 0.3) is 0 Å². The summed E-state index contributed by atoms with van der Waals surface area (Å²) < 4.78 is 29.7. The molecule has 1 N–H and O–H groups in total. The van der Waals surface area contributed by atoms with E-state index < -0.39 is 11.4 Å². The van der Waals surface area contributed by atoms with Crippen LogP contribution in [0.4, 0.5) is 0 Å². The third-order valence-corrected chi connectivity index (χ3v) is 5.72. The van der Waals surface area contributed by atoms with Gasteiger partial charge in [-0.05, 0) is 31.5 Å². The molecule has 2 fully saturated rings. The summed E-state index contributed by atoms with van der Waals surface area (Å²) in [4.78, 5) is 13.4. The number of halogens is 1. The zero-order valence-corrected chi connectivity index (χ0v) is 19.2. The molecule has 8 heteroatoms. The van der Waals surface area contributed by atoms with E-state index in [0.29, 0.717) is 37.6 Å². The molecule has 3 rings (SSSR count). The van der Waals surface area contributed by atoms with Crippen molar-refractivity contribution in [1.82, 2.24) is 5.32 Å². The Morgan fingerprint density at radius 2 is 2.16 bits per heavy atom. The maximum atomic E-state index is 13.4. The number of fused-ring (bicyclic) bond motifs is 1. The average Bonchev–Trinajstić information content (AvgIpc) is 3.04. The Hall–Kier alpha value is -1.48. The second-order valence-electron chi connectivity index (χ2n) is 8.37. The predicted molar refractivity (Wildman–Crippen MR) is 117 cm³/mol. The van der Waals surface area contributed by atoms with Crippen LogP contribution in [0.5, 0.6) is 0 Å². The second-order valence-corrected chi connectivity index (χ2v) is 8.81.